The molecule has 11 aromatic rings. The summed E-state index contributed by atoms with van der Waals surface area (Å²) in [7, 11) is 0. The van der Waals surface area contributed by atoms with E-state index in [0.29, 0.717) is 0 Å². The number of para-hydroxylation sites is 3. The summed E-state index contributed by atoms with van der Waals surface area (Å²) in [5.74, 6) is 0. The molecule has 226 valence electrons. The third-order valence-corrected chi connectivity index (χ3v) is 10.9. The van der Waals surface area contributed by atoms with Crippen molar-refractivity contribution in [3.63, 3.8) is 0 Å². The van der Waals surface area contributed by atoms with Crippen LogP contribution in [0.2, 0.25) is 0 Å². The molecule has 3 aromatic heterocycles. The minimum Gasteiger partial charge on any atom is -0.455 e. The van der Waals surface area contributed by atoms with Crippen molar-refractivity contribution in [3.05, 3.63) is 158 Å². The van der Waals surface area contributed by atoms with Gasteiger partial charge >= 0.3 is 0 Å². The van der Waals surface area contributed by atoms with Crippen molar-refractivity contribution < 1.29 is 4.42 Å². The minimum atomic E-state index is 0.935. The van der Waals surface area contributed by atoms with Crippen LogP contribution in [-0.2, 0) is 0 Å². The van der Waals surface area contributed by atoms with Gasteiger partial charge in [0.25, 0.3) is 0 Å². The molecule has 8 aromatic carbocycles. The van der Waals surface area contributed by atoms with Crippen LogP contribution in [0, 0.1) is 0 Å². The lowest BCUT2D eigenvalue weighted by Gasteiger charge is -2.13. The maximum absolute atomic E-state index is 7.14. The molecule has 0 spiro atoms. The summed E-state index contributed by atoms with van der Waals surface area (Å²) >= 11 is 0. The van der Waals surface area contributed by atoms with Crippen LogP contribution in [0.3, 0.4) is 0 Å². The molecule has 0 aliphatic heterocycles. The van der Waals surface area contributed by atoms with Gasteiger partial charge < -0.3 is 13.6 Å². The molecule has 1 aliphatic rings. The van der Waals surface area contributed by atoms with E-state index in [9.17, 15) is 0 Å². The van der Waals surface area contributed by atoms with Crippen molar-refractivity contribution in [2.75, 3.05) is 0 Å². The number of benzene rings is 8. The minimum absolute atomic E-state index is 0.935. The molecule has 0 bridgehead atoms. The number of nitrogens with zero attached hydrogens (tertiary/aromatic N) is 2. The average Bonchev–Trinajstić information content (AvgIpc) is 3.89. The van der Waals surface area contributed by atoms with Crippen LogP contribution >= 0.6 is 0 Å². The molecule has 0 saturated carbocycles. The molecule has 0 N–H and O–H groups in total. The molecular weight excluding hydrogens is 597 g/mol. The highest BCUT2D eigenvalue weighted by molar-refractivity contribution is 6.29. The molecular formula is C46H26N2O. The molecule has 0 radical (unpaired) electrons. The molecule has 0 fully saturated rings. The third kappa shape index (κ3) is 3.13. The van der Waals surface area contributed by atoms with E-state index in [-0.39, 0.29) is 0 Å². The van der Waals surface area contributed by atoms with Gasteiger partial charge in [0, 0.05) is 32.6 Å². The van der Waals surface area contributed by atoms with Gasteiger partial charge in [-0.15, -0.1) is 0 Å². The Kier molecular flexibility index (Phi) is 4.72. The van der Waals surface area contributed by atoms with Crippen molar-refractivity contribution in [1.29, 1.82) is 0 Å². The smallest absolute Gasteiger partial charge is 0.145 e. The second-order valence-corrected chi connectivity index (χ2v) is 13.2. The summed E-state index contributed by atoms with van der Waals surface area (Å²) in [4.78, 5) is 0. The first kappa shape index (κ1) is 25.5. The van der Waals surface area contributed by atoms with Crippen LogP contribution in [0.5, 0.6) is 0 Å². The van der Waals surface area contributed by atoms with Gasteiger partial charge in [0.1, 0.15) is 11.2 Å². The standard InChI is InChI=1S/C46H26N2O/c1-2-11-27(12-3-1)47-37-19-8-6-15-35(37)43-40(47)25-22-32-33-23-26-41-44(46(33)49-45(32)43)36-16-7-9-20-38(36)48(41)39-24-21-31-29-14-5-4-13-28(29)30-17-10-18-34(39)42(30)31/h1-26H. The number of rotatable bonds is 2. The summed E-state index contributed by atoms with van der Waals surface area (Å²) in [6.07, 6.45) is 0. The molecule has 0 atom stereocenters. The third-order valence-electron chi connectivity index (χ3n) is 10.9. The van der Waals surface area contributed by atoms with Crippen LogP contribution in [0.1, 0.15) is 0 Å². The Bertz CT molecular complexity index is 3180. The fourth-order valence-electron chi connectivity index (χ4n) is 8.90. The van der Waals surface area contributed by atoms with Gasteiger partial charge in [-0.3, -0.25) is 0 Å². The maximum atomic E-state index is 7.14. The van der Waals surface area contributed by atoms with Gasteiger partial charge in [0.15, 0.2) is 0 Å². The van der Waals surface area contributed by atoms with Crippen LogP contribution in [0.25, 0.3) is 110 Å². The van der Waals surface area contributed by atoms with Gasteiger partial charge in [-0.05, 0) is 82.2 Å². The molecule has 3 nitrogen and oxygen atoms in total. The first-order chi connectivity index (χ1) is 24.3. The Hall–Kier alpha value is -6.58. The fourth-order valence-corrected chi connectivity index (χ4v) is 8.90. The van der Waals surface area contributed by atoms with Gasteiger partial charge in [-0.2, -0.15) is 0 Å². The van der Waals surface area contributed by atoms with Crippen LogP contribution in [-0.4, -0.2) is 9.13 Å². The van der Waals surface area contributed by atoms with Crippen molar-refractivity contribution in [2.24, 2.45) is 0 Å². The molecule has 1 aliphatic carbocycles. The zero-order chi connectivity index (χ0) is 31.8. The highest BCUT2D eigenvalue weighted by Gasteiger charge is 2.25. The summed E-state index contributed by atoms with van der Waals surface area (Å²) in [5, 5.41) is 9.55. The second kappa shape index (κ2) is 9.06. The van der Waals surface area contributed by atoms with Crippen molar-refractivity contribution >= 4 is 76.3 Å². The summed E-state index contributed by atoms with van der Waals surface area (Å²) in [6, 6.07) is 57.3. The van der Waals surface area contributed by atoms with Gasteiger partial charge in [0.05, 0.1) is 38.5 Å². The number of furan rings is 1. The van der Waals surface area contributed by atoms with Gasteiger partial charge in [-0.1, -0.05) is 103 Å². The number of aromatic nitrogens is 2. The predicted octanol–water partition coefficient (Wildman–Crippen LogP) is 12.6. The van der Waals surface area contributed by atoms with Crippen LogP contribution in [0.4, 0.5) is 0 Å². The summed E-state index contributed by atoms with van der Waals surface area (Å²) in [5.41, 5.74) is 14.1. The Balaban J connectivity index is 1.20. The highest BCUT2D eigenvalue weighted by Crippen LogP contribution is 2.50. The van der Waals surface area contributed by atoms with E-state index in [1.807, 2.05) is 0 Å². The first-order valence-corrected chi connectivity index (χ1v) is 16.9. The lowest BCUT2D eigenvalue weighted by Crippen LogP contribution is -1.95. The van der Waals surface area contributed by atoms with E-state index in [0.717, 1.165) is 49.4 Å². The normalized spacial score (nSPS) is 12.5. The molecule has 49 heavy (non-hydrogen) atoms. The zero-order valence-corrected chi connectivity index (χ0v) is 26.3. The van der Waals surface area contributed by atoms with Crippen molar-refractivity contribution in [1.82, 2.24) is 9.13 Å². The lowest BCUT2D eigenvalue weighted by molar-refractivity contribution is 0.677. The van der Waals surface area contributed by atoms with Gasteiger partial charge in [-0.25, -0.2) is 0 Å². The van der Waals surface area contributed by atoms with E-state index in [1.54, 1.807) is 0 Å². The highest BCUT2D eigenvalue weighted by atomic mass is 16.3. The van der Waals surface area contributed by atoms with Crippen molar-refractivity contribution in [2.45, 2.75) is 0 Å². The number of hydrogen-bond donors (Lipinski definition) is 0. The van der Waals surface area contributed by atoms with Crippen LogP contribution in [0.15, 0.2) is 162 Å². The Morgan fingerprint density at radius 3 is 1.53 bits per heavy atom. The summed E-state index contributed by atoms with van der Waals surface area (Å²) in [6.45, 7) is 0. The SMILES string of the molecule is c1ccc(-n2c3ccccc3c3c4oc5c(ccc6c5c5ccccc5n6-c5ccc6c7c(cccc57)-c5ccccc5-6)c4ccc32)cc1. The Morgan fingerprint density at radius 1 is 0.306 bits per heavy atom. The molecule has 0 saturated heterocycles. The predicted molar refractivity (Wildman–Crippen MR) is 204 cm³/mol. The van der Waals surface area contributed by atoms with E-state index >= 15 is 0 Å². The lowest BCUT2D eigenvalue weighted by atomic mass is 10.0. The Labute approximate surface area is 280 Å². The average molecular weight is 623 g/mol. The van der Waals surface area contributed by atoms with Gasteiger partial charge in [0.2, 0.25) is 0 Å². The molecule has 3 heteroatoms. The number of fused-ring (bicyclic) bond motifs is 14. The van der Waals surface area contributed by atoms with E-state index < -0.39 is 0 Å². The van der Waals surface area contributed by atoms with E-state index in [1.165, 1.54) is 60.5 Å². The number of hydrogen-bond acceptors (Lipinski definition) is 1. The zero-order valence-electron chi connectivity index (χ0n) is 26.3. The van der Waals surface area contributed by atoms with E-state index in [4.69, 9.17) is 4.42 Å². The largest absolute Gasteiger partial charge is 0.455 e. The van der Waals surface area contributed by atoms with Crippen LogP contribution < -0.4 is 0 Å². The fraction of sp³-hybridized carbons (Fsp3) is 0. The molecule has 0 amide bonds. The quantitative estimate of drug-likeness (QED) is 0.188. The second-order valence-electron chi connectivity index (χ2n) is 13.2. The topological polar surface area (TPSA) is 23.0 Å². The summed E-state index contributed by atoms with van der Waals surface area (Å²) < 4.78 is 11.9. The molecule has 0 unspecified atom stereocenters. The maximum Gasteiger partial charge on any atom is 0.145 e. The monoisotopic (exact) mass is 622 g/mol. The Morgan fingerprint density at radius 2 is 0.837 bits per heavy atom. The molecule has 3 heterocycles. The van der Waals surface area contributed by atoms with E-state index in [2.05, 4.69) is 167 Å². The first-order valence-electron chi connectivity index (χ1n) is 16.9. The van der Waals surface area contributed by atoms with Crippen molar-refractivity contribution in [3.8, 4) is 33.6 Å². The molecule has 12 rings (SSSR count).